The van der Waals surface area contributed by atoms with Crippen molar-refractivity contribution >= 4 is 34.3 Å². The van der Waals surface area contributed by atoms with E-state index in [0.717, 1.165) is 11.1 Å². The van der Waals surface area contributed by atoms with Crippen molar-refractivity contribution in [2.75, 3.05) is 5.75 Å². The Kier molecular flexibility index (Phi) is 3.21. The largest absolute Gasteiger partial charge is 0.457 e. The third-order valence-corrected chi connectivity index (χ3v) is 5.43. The molecule has 0 spiro atoms. The molecule has 3 aromatic rings. The van der Waals surface area contributed by atoms with E-state index in [-0.39, 0.29) is 5.92 Å². The van der Waals surface area contributed by atoms with Gasteiger partial charge in [-0.15, -0.1) is 11.8 Å². The molecule has 1 aromatic heterocycles. The van der Waals surface area contributed by atoms with Gasteiger partial charge in [0.25, 0.3) is 0 Å². The lowest BCUT2D eigenvalue weighted by Gasteiger charge is -2.16. The maximum absolute atomic E-state index is 10.7. The van der Waals surface area contributed by atoms with Crippen molar-refractivity contribution in [3.63, 3.8) is 0 Å². The molecule has 0 bridgehead atoms. The van der Waals surface area contributed by atoms with Crippen molar-refractivity contribution in [2.24, 2.45) is 0 Å². The highest BCUT2D eigenvalue weighted by Gasteiger charge is 2.32. The van der Waals surface area contributed by atoms with E-state index >= 15 is 0 Å². The maximum atomic E-state index is 10.7. The van der Waals surface area contributed by atoms with Crippen molar-refractivity contribution in [2.45, 2.75) is 16.9 Å². The molecule has 0 fully saturated rings. The smallest absolute Gasteiger partial charge is 0.152 e. The Hall–Kier alpha value is -1.42. The molecule has 4 heteroatoms. The van der Waals surface area contributed by atoms with Crippen molar-refractivity contribution in [1.29, 1.82) is 0 Å². The van der Waals surface area contributed by atoms with E-state index in [1.54, 1.807) is 17.8 Å². The summed E-state index contributed by atoms with van der Waals surface area (Å²) >= 11 is 7.92. The van der Waals surface area contributed by atoms with E-state index < -0.39 is 6.10 Å². The molecule has 2 atom stereocenters. The monoisotopic (exact) mass is 316 g/mol. The van der Waals surface area contributed by atoms with Gasteiger partial charge in [0.2, 0.25) is 0 Å². The molecule has 4 rings (SSSR count). The number of fused-ring (bicyclic) bond motifs is 2. The average Bonchev–Trinajstić information content (AvgIpc) is 3.11. The molecule has 2 unspecified atom stereocenters. The first-order chi connectivity index (χ1) is 10.2. The quantitative estimate of drug-likeness (QED) is 0.721. The fourth-order valence-electron chi connectivity index (χ4n) is 2.84. The lowest BCUT2D eigenvalue weighted by atomic mass is 9.94. The molecule has 2 heterocycles. The summed E-state index contributed by atoms with van der Waals surface area (Å²) in [4.78, 5) is 1.25. The molecular weight excluding hydrogens is 304 g/mol. The van der Waals surface area contributed by atoms with Crippen LogP contribution in [0.4, 0.5) is 0 Å². The Balaban J connectivity index is 1.74. The van der Waals surface area contributed by atoms with Crippen LogP contribution in [0.2, 0.25) is 5.02 Å². The minimum absolute atomic E-state index is 0.0607. The van der Waals surface area contributed by atoms with Gasteiger partial charge in [-0.05, 0) is 23.8 Å². The van der Waals surface area contributed by atoms with E-state index in [9.17, 15) is 5.11 Å². The molecule has 1 aliphatic heterocycles. The van der Waals surface area contributed by atoms with Gasteiger partial charge in [0.1, 0.15) is 11.9 Å². The lowest BCUT2D eigenvalue weighted by molar-refractivity contribution is 0.130. The van der Waals surface area contributed by atoms with Gasteiger partial charge in [-0.25, -0.2) is 0 Å². The third-order valence-electron chi connectivity index (χ3n) is 3.92. The fraction of sp³-hybridized carbons (Fsp3) is 0.176. The van der Waals surface area contributed by atoms with Gasteiger partial charge in [-0.3, -0.25) is 0 Å². The molecule has 0 amide bonds. The van der Waals surface area contributed by atoms with Crippen molar-refractivity contribution in [3.8, 4) is 0 Å². The molecule has 0 aliphatic carbocycles. The molecule has 0 saturated carbocycles. The zero-order chi connectivity index (χ0) is 14.4. The highest BCUT2D eigenvalue weighted by molar-refractivity contribution is 7.99. The van der Waals surface area contributed by atoms with Gasteiger partial charge in [0, 0.05) is 22.0 Å². The number of hydrogen-bond donors (Lipinski definition) is 1. The number of benzene rings is 2. The SMILES string of the molecule is OC(c1cc2cccc(Cl)c2o1)C1CSc2ccccc21. The molecule has 2 nitrogen and oxygen atoms in total. The maximum Gasteiger partial charge on any atom is 0.152 e. The predicted octanol–water partition coefficient (Wildman–Crippen LogP) is 5.01. The van der Waals surface area contributed by atoms with Gasteiger partial charge >= 0.3 is 0 Å². The molecule has 21 heavy (non-hydrogen) atoms. The molecule has 0 radical (unpaired) electrons. The predicted molar refractivity (Wildman–Crippen MR) is 86.1 cm³/mol. The van der Waals surface area contributed by atoms with E-state index in [1.165, 1.54) is 10.5 Å². The van der Waals surface area contributed by atoms with Gasteiger partial charge in [-0.2, -0.15) is 0 Å². The molecular formula is C17H13ClO2S. The Bertz CT molecular complexity index is 811. The zero-order valence-electron chi connectivity index (χ0n) is 11.1. The number of furan rings is 1. The average molecular weight is 317 g/mol. The highest BCUT2D eigenvalue weighted by Crippen LogP contribution is 2.46. The van der Waals surface area contributed by atoms with Gasteiger partial charge in [0.05, 0.1) is 5.02 Å². The van der Waals surface area contributed by atoms with E-state index in [0.29, 0.717) is 16.4 Å². The van der Waals surface area contributed by atoms with E-state index in [2.05, 4.69) is 12.1 Å². The summed E-state index contributed by atoms with van der Waals surface area (Å²) in [5, 5.41) is 12.2. The molecule has 2 aromatic carbocycles. The summed E-state index contributed by atoms with van der Waals surface area (Å²) in [5.41, 5.74) is 1.84. The Labute approximate surface area is 131 Å². The van der Waals surface area contributed by atoms with Crippen molar-refractivity contribution in [3.05, 3.63) is 64.9 Å². The summed E-state index contributed by atoms with van der Waals surface area (Å²) in [6.45, 7) is 0. The summed E-state index contributed by atoms with van der Waals surface area (Å²) in [7, 11) is 0. The Morgan fingerprint density at radius 3 is 2.90 bits per heavy atom. The number of halogens is 1. The molecule has 1 N–H and O–H groups in total. The van der Waals surface area contributed by atoms with Crippen LogP contribution in [0, 0.1) is 0 Å². The highest BCUT2D eigenvalue weighted by atomic mass is 35.5. The van der Waals surface area contributed by atoms with Crippen LogP contribution in [0.25, 0.3) is 11.0 Å². The van der Waals surface area contributed by atoms with Crippen LogP contribution in [0.5, 0.6) is 0 Å². The fourth-order valence-corrected chi connectivity index (χ4v) is 4.34. The van der Waals surface area contributed by atoms with Crippen LogP contribution >= 0.6 is 23.4 Å². The van der Waals surface area contributed by atoms with Crippen molar-refractivity contribution in [1.82, 2.24) is 0 Å². The summed E-state index contributed by atoms with van der Waals surface area (Å²) in [6.07, 6.45) is -0.649. The lowest BCUT2D eigenvalue weighted by Crippen LogP contribution is -2.09. The second-order valence-corrected chi connectivity index (χ2v) is 6.68. The molecule has 106 valence electrons. The van der Waals surface area contributed by atoms with Crippen LogP contribution in [-0.4, -0.2) is 10.9 Å². The van der Waals surface area contributed by atoms with Crippen LogP contribution < -0.4 is 0 Å². The second-order valence-electron chi connectivity index (χ2n) is 5.21. The standard InChI is InChI=1S/C17H13ClO2S/c18-13-6-3-4-10-8-14(20-17(10)13)16(19)12-9-21-15-7-2-1-5-11(12)15/h1-8,12,16,19H,9H2. The van der Waals surface area contributed by atoms with Crippen molar-refractivity contribution < 1.29 is 9.52 Å². The second kappa shape index (κ2) is 5.09. The van der Waals surface area contributed by atoms with Crippen LogP contribution in [0.1, 0.15) is 23.3 Å². The number of thioether (sulfide) groups is 1. The van der Waals surface area contributed by atoms with Crippen LogP contribution in [-0.2, 0) is 0 Å². The summed E-state index contributed by atoms with van der Waals surface area (Å²) in [5.74, 6) is 1.51. The number of hydrogen-bond acceptors (Lipinski definition) is 3. The summed E-state index contributed by atoms with van der Waals surface area (Å²) < 4.78 is 5.80. The minimum atomic E-state index is -0.649. The number of para-hydroxylation sites is 1. The number of aliphatic hydroxyl groups excluding tert-OH is 1. The van der Waals surface area contributed by atoms with Gasteiger partial charge in [0.15, 0.2) is 5.58 Å². The zero-order valence-corrected chi connectivity index (χ0v) is 12.7. The first-order valence-corrected chi connectivity index (χ1v) is 8.18. The van der Waals surface area contributed by atoms with Crippen LogP contribution in [0.15, 0.2) is 57.8 Å². The van der Waals surface area contributed by atoms with Gasteiger partial charge < -0.3 is 9.52 Å². The number of aliphatic hydroxyl groups is 1. The Morgan fingerprint density at radius 2 is 2.05 bits per heavy atom. The summed E-state index contributed by atoms with van der Waals surface area (Å²) in [6, 6.07) is 15.7. The third kappa shape index (κ3) is 2.16. The molecule has 1 aliphatic rings. The first-order valence-electron chi connectivity index (χ1n) is 6.82. The minimum Gasteiger partial charge on any atom is -0.457 e. The number of rotatable bonds is 2. The van der Waals surface area contributed by atoms with Crippen LogP contribution in [0.3, 0.4) is 0 Å². The van der Waals surface area contributed by atoms with E-state index in [1.807, 2.05) is 30.3 Å². The Morgan fingerprint density at radius 1 is 1.19 bits per heavy atom. The van der Waals surface area contributed by atoms with Gasteiger partial charge in [-0.1, -0.05) is 41.9 Å². The first kappa shape index (κ1) is 13.3. The van der Waals surface area contributed by atoms with E-state index in [4.69, 9.17) is 16.0 Å². The molecule has 0 saturated heterocycles. The normalized spacial score (nSPS) is 18.9. The topological polar surface area (TPSA) is 33.4 Å².